The number of esters is 1. The SMILES string of the molecule is CCC(NC[C@@H]1C[C@H]2C[C@@H]1C[C@H]2O)c1ccc(C(=O)OC)cc1. The maximum atomic E-state index is 11.5. The molecule has 1 aromatic carbocycles. The minimum absolute atomic E-state index is 0.0518. The molecule has 4 heteroatoms. The number of ether oxygens (including phenoxy) is 1. The van der Waals surface area contributed by atoms with E-state index in [9.17, 15) is 9.90 Å². The molecule has 0 amide bonds. The molecular weight excluding hydrogens is 290 g/mol. The van der Waals surface area contributed by atoms with E-state index >= 15 is 0 Å². The third-order valence-electron chi connectivity index (χ3n) is 5.73. The first kappa shape index (κ1) is 16.5. The van der Waals surface area contributed by atoms with E-state index in [1.54, 1.807) is 0 Å². The molecular formula is C19H27NO3. The molecule has 1 aromatic rings. The van der Waals surface area contributed by atoms with E-state index in [0.717, 1.165) is 25.8 Å². The predicted octanol–water partition coefficient (Wildman–Crippen LogP) is 2.92. The zero-order chi connectivity index (χ0) is 16.4. The Kier molecular flexibility index (Phi) is 5.02. The Morgan fingerprint density at radius 1 is 1.26 bits per heavy atom. The monoisotopic (exact) mass is 317 g/mol. The molecule has 1 unspecified atom stereocenters. The standard InChI is InChI=1S/C19H27NO3/c1-3-17(12-4-6-13(7-5-12)19(22)23-2)20-11-16-9-15-8-14(16)10-18(15)21/h4-7,14-18,20-21H,3,8-11H2,1-2H3/t14-,15-,16+,17?,18-/m1/s1. The van der Waals surface area contributed by atoms with Crippen LogP contribution in [0.5, 0.6) is 0 Å². The van der Waals surface area contributed by atoms with Crippen molar-refractivity contribution in [2.24, 2.45) is 17.8 Å². The van der Waals surface area contributed by atoms with Gasteiger partial charge in [0.2, 0.25) is 0 Å². The molecule has 0 saturated heterocycles. The Morgan fingerprint density at radius 2 is 2.00 bits per heavy atom. The summed E-state index contributed by atoms with van der Waals surface area (Å²) in [6.07, 6.45) is 4.32. The molecule has 126 valence electrons. The van der Waals surface area contributed by atoms with E-state index < -0.39 is 0 Å². The number of benzene rings is 1. The molecule has 2 fully saturated rings. The van der Waals surface area contributed by atoms with Gasteiger partial charge in [0.05, 0.1) is 18.8 Å². The first-order chi connectivity index (χ1) is 11.1. The van der Waals surface area contributed by atoms with Crippen molar-refractivity contribution in [2.75, 3.05) is 13.7 Å². The van der Waals surface area contributed by atoms with Crippen LogP contribution in [0.4, 0.5) is 0 Å². The van der Waals surface area contributed by atoms with Gasteiger partial charge in [-0.3, -0.25) is 0 Å². The van der Waals surface area contributed by atoms with Gasteiger partial charge in [0.25, 0.3) is 0 Å². The number of rotatable bonds is 6. The van der Waals surface area contributed by atoms with Crippen LogP contribution in [0.25, 0.3) is 0 Å². The van der Waals surface area contributed by atoms with Crippen LogP contribution in [0.1, 0.15) is 54.6 Å². The van der Waals surface area contributed by atoms with E-state index in [0.29, 0.717) is 29.4 Å². The second-order valence-electron chi connectivity index (χ2n) is 7.04. The largest absolute Gasteiger partial charge is 0.465 e. The summed E-state index contributed by atoms with van der Waals surface area (Å²) < 4.78 is 4.74. The molecule has 3 rings (SSSR count). The highest BCUT2D eigenvalue weighted by atomic mass is 16.5. The van der Waals surface area contributed by atoms with Crippen LogP contribution >= 0.6 is 0 Å². The summed E-state index contributed by atoms with van der Waals surface area (Å²) in [5, 5.41) is 13.6. The molecule has 0 heterocycles. The van der Waals surface area contributed by atoms with Gasteiger partial charge < -0.3 is 15.2 Å². The molecule has 2 aliphatic rings. The molecule has 2 aliphatic carbocycles. The van der Waals surface area contributed by atoms with Crippen LogP contribution in [-0.2, 0) is 4.74 Å². The van der Waals surface area contributed by atoms with Crippen LogP contribution in [0.3, 0.4) is 0 Å². The summed E-state index contributed by atoms with van der Waals surface area (Å²) in [7, 11) is 1.40. The lowest BCUT2D eigenvalue weighted by Crippen LogP contribution is -2.32. The van der Waals surface area contributed by atoms with E-state index in [1.807, 2.05) is 24.3 Å². The van der Waals surface area contributed by atoms with Crippen molar-refractivity contribution in [2.45, 2.75) is 44.8 Å². The number of aliphatic hydroxyl groups is 1. The minimum atomic E-state index is -0.293. The summed E-state index contributed by atoms with van der Waals surface area (Å²) in [6, 6.07) is 8.00. The van der Waals surface area contributed by atoms with Crippen molar-refractivity contribution in [3.63, 3.8) is 0 Å². The molecule has 2 N–H and O–H groups in total. The molecule has 0 aromatic heterocycles. The fourth-order valence-electron chi connectivity index (χ4n) is 4.38. The number of nitrogens with one attached hydrogen (secondary N) is 1. The van der Waals surface area contributed by atoms with Gasteiger partial charge in [0, 0.05) is 6.04 Å². The number of hydrogen-bond donors (Lipinski definition) is 2. The van der Waals surface area contributed by atoms with Crippen molar-refractivity contribution in [3.05, 3.63) is 35.4 Å². The summed E-state index contributed by atoms with van der Waals surface area (Å²) in [4.78, 5) is 11.5. The molecule has 2 bridgehead atoms. The second kappa shape index (κ2) is 7.02. The summed E-state index contributed by atoms with van der Waals surface area (Å²) in [5.41, 5.74) is 1.80. The Morgan fingerprint density at radius 3 is 2.52 bits per heavy atom. The molecule has 23 heavy (non-hydrogen) atoms. The van der Waals surface area contributed by atoms with Crippen LogP contribution in [0, 0.1) is 17.8 Å². The number of carbonyl (C=O) groups is 1. The number of methoxy groups -OCH3 is 1. The Hall–Kier alpha value is -1.39. The Labute approximate surface area is 138 Å². The van der Waals surface area contributed by atoms with Gasteiger partial charge in [-0.25, -0.2) is 4.79 Å². The van der Waals surface area contributed by atoms with Crippen molar-refractivity contribution in [1.29, 1.82) is 0 Å². The van der Waals surface area contributed by atoms with Gasteiger partial charge in [-0.15, -0.1) is 0 Å². The van der Waals surface area contributed by atoms with Gasteiger partial charge >= 0.3 is 5.97 Å². The summed E-state index contributed by atoms with van der Waals surface area (Å²) in [6.45, 7) is 3.20. The maximum absolute atomic E-state index is 11.5. The lowest BCUT2D eigenvalue weighted by molar-refractivity contribution is 0.0600. The molecule has 5 atom stereocenters. The van der Waals surface area contributed by atoms with Gasteiger partial charge in [-0.2, -0.15) is 0 Å². The van der Waals surface area contributed by atoms with Gasteiger partial charge in [-0.05, 0) is 67.7 Å². The average Bonchev–Trinajstić information content (AvgIpc) is 3.14. The molecule has 0 spiro atoms. The number of fused-ring (bicyclic) bond motifs is 2. The highest BCUT2D eigenvalue weighted by Gasteiger charge is 2.44. The quantitative estimate of drug-likeness (QED) is 0.792. The first-order valence-electron chi connectivity index (χ1n) is 8.72. The van der Waals surface area contributed by atoms with Crippen LogP contribution in [0.2, 0.25) is 0 Å². The van der Waals surface area contributed by atoms with E-state index in [4.69, 9.17) is 4.74 Å². The number of hydrogen-bond acceptors (Lipinski definition) is 4. The van der Waals surface area contributed by atoms with Crippen molar-refractivity contribution in [1.82, 2.24) is 5.32 Å². The van der Waals surface area contributed by atoms with Crippen molar-refractivity contribution < 1.29 is 14.6 Å². The third-order valence-corrected chi connectivity index (χ3v) is 5.73. The van der Waals surface area contributed by atoms with Crippen molar-refractivity contribution >= 4 is 5.97 Å². The number of aliphatic hydroxyl groups excluding tert-OH is 1. The Balaban J connectivity index is 1.57. The topological polar surface area (TPSA) is 58.6 Å². The van der Waals surface area contributed by atoms with Crippen LogP contribution in [0.15, 0.2) is 24.3 Å². The van der Waals surface area contributed by atoms with Gasteiger partial charge in [0.15, 0.2) is 0 Å². The van der Waals surface area contributed by atoms with E-state index in [1.165, 1.54) is 19.1 Å². The van der Waals surface area contributed by atoms with E-state index in [-0.39, 0.29) is 12.1 Å². The first-order valence-corrected chi connectivity index (χ1v) is 8.72. The fourth-order valence-corrected chi connectivity index (χ4v) is 4.38. The van der Waals surface area contributed by atoms with Crippen molar-refractivity contribution in [3.8, 4) is 0 Å². The fraction of sp³-hybridized carbons (Fsp3) is 0.632. The minimum Gasteiger partial charge on any atom is -0.465 e. The second-order valence-corrected chi connectivity index (χ2v) is 7.04. The lowest BCUT2D eigenvalue weighted by atomic mass is 9.87. The molecule has 0 radical (unpaired) electrons. The molecule has 0 aliphatic heterocycles. The zero-order valence-corrected chi connectivity index (χ0v) is 14.0. The third kappa shape index (κ3) is 3.43. The molecule has 4 nitrogen and oxygen atoms in total. The maximum Gasteiger partial charge on any atom is 0.337 e. The van der Waals surface area contributed by atoms with E-state index in [2.05, 4.69) is 12.2 Å². The van der Waals surface area contributed by atoms with Gasteiger partial charge in [0.1, 0.15) is 0 Å². The highest BCUT2D eigenvalue weighted by Crippen LogP contribution is 2.48. The van der Waals surface area contributed by atoms with Crippen LogP contribution < -0.4 is 5.32 Å². The smallest absolute Gasteiger partial charge is 0.337 e. The summed E-state index contributed by atoms with van der Waals surface area (Å²) >= 11 is 0. The normalized spacial score (nSPS) is 30.4. The highest BCUT2D eigenvalue weighted by molar-refractivity contribution is 5.89. The lowest BCUT2D eigenvalue weighted by Gasteiger charge is -2.27. The van der Waals surface area contributed by atoms with Gasteiger partial charge in [-0.1, -0.05) is 19.1 Å². The average molecular weight is 317 g/mol. The number of carbonyl (C=O) groups excluding carboxylic acids is 1. The summed E-state index contributed by atoms with van der Waals surface area (Å²) in [5.74, 6) is 1.64. The van der Waals surface area contributed by atoms with Crippen LogP contribution in [-0.4, -0.2) is 30.8 Å². The predicted molar refractivity (Wildman–Crippen MR) is 89.1 cm³/mol. The Bertz CT molecular complexity index is 540. The molecule has 2 saturated carbocycles. The zero-order valence-electron chi connectivity index (χ0n) is 14.0.